The van der Waals surface area contributed by atoms with Crippen LogP contribution in [0.3, 0.4) is 0 Å². The van der Waals surface area contributed by atoms with Crippen molar-refractivity contribution in [2.75, 3.05) is 13.1 Å². The quantitative estimate of drug-likeness (QED) is 0.811. The van der Waals surface area contributed by atoms with Crippen molar-refractivity contribution < 1.29 is 14.6 Å². The third-order valence-electron chi connectivity index (χ3n) is 3.06. The molecule has 1 aliphatic heterocycles. The Hall–Kier alpha value is -0.770. The maximum atomic E-state index is 11.8. The van der Waals surface area contributed by atoms with Gasteiger partial charge < -0.3 is 14.7 Å². The number of hydrogen-bond acceptors (Lipinski definition) is 3. The molecule has 100 valence electrons. The molecule has 1 aliphatic rings. The van der Waals surface area contributed by atoms with Gasteiger partial charge in [0.15, 0.2) is 0 Å². The van der Waals surface area contributed by atoms with Gasteiger partial charge in [-0.2, -0.15) is 0 Å². The number of aliphatic hydroxyl groups is 1. The van der Waals surface area contributed by atoms with Crippen LogP contribution in [0.2, 0.25) is 0 Å². The zero-order chi connectivity index (χ0) is 13.1. The number of piperidine rings is 1. The summed E-state index contributed by atoms with van der Waals surface area (Å²) in [6.07, 6.45) is 2.83. The highest BCUT2D eigenvalue weighted by atomic mass is 16.6. The van der Waals surface area contributed by atoms with Crippen LogP contribution in [0, 0.1) is 0 Å². The lowest BCUT2D eigenvalue weighted by molar-refractivity contribution is -0.0368. The number of nitrogens with zero attached hydrogens (tertiary/aromatic N) is 1. The molecular formula is C13H25NO3. The van der Waals surface area contributed by atoms with Gasteiger partial charge in [0.2, 0.25) is 0 Å². The third kappa shape index (κ3) is 4.54. The smallest absolute Gasteiger partial charge is 0.410 e. The number of amides is 1. The van der Waals surface area contributed by atoms with Crippen LogP contribution in [-0.2, 0) is 4.74 Å². The molecule has 1 heterocycles. The van der Waals surface area contributed by atoms with Gasteiger partial charge in [-0.1, -0.05) is 13.3 Å². The maximum Gasteiger partial charge on any atom is 0.410 e. The van der Waals surface area contributed by atoms with E-state index < -0.39 is 11.2 Å². The van der Waals surface area contributed by atoms with Crippen LogP contribution in [0.4, 0.5) is 4.79 Å². The van der Waals surface area contributed by atoms with Crippen LogP contribution in [0.25, 0.3) is 0 Å². The summed E-state index contributed by atoms with van der Waals surface area (Å²) in [5.41, 5.74) is -1.03. The van der Waals surface area contributed by atoms with Gasteiger partial charge in [0.1, 0.15) is 5.60 Å². The summed E-state index contributed by atoms with van der Waals surface area (Å²) in [5, 5.41) is 10.2. The molecule has 0 aromatic carbocycles. The zero-order valence-corrected chi connectivity index (χ0v) is 11.5. The Labute approximate surface area is 104 Å². The zero-order valence-electron chi connectivity index (χ0n) is 11.5. The molecule has 0 bridgehead atoms. The summed E-state index contributed by atoms with van der Waals surface area (Å²) >= 11 is 0. The van der Waals surface area contributed by atoms with E-state index in [0.717, 1.165) is 12.8 Å². The first-order valence-electron chi connectivity index (χ1n) is 6.46. The van der Waals surface area contributed by atoms with Crippen molar-refractivity contribution in [3.05, 3.63) is 0 Å². The molecule has 1 fully saturated rings. The summed E-state index contributed by atoms with van der Waals surface area (Å²) in [6, 6.07) is 0. The fourth-order valence-corrected chi connectivity index (χ4v) is 2.15. The Morgan fingerprint density at radius 1 is 1.35 bits per heavy atom. The standard InChI is InChI=1S/C13H25NO3/c1-5-6-13(16)7-9-14(10-8-13)11(15)17-12(2,3)4/h16H,5-10H2,1-4H3. The first-order chi connectivity index (χ1) is 7.76. The van der Waals surface area contributed by atoms with E-state index in [1.54, 1.807) is 4.90 Å². The maximum absolute atomic E-state index is 11.8. The van der Waals surface area contributed by atoms with E-state index in [2.05, 4.69) is 6.92 Å². The Morgan fingerprint density at radius 3 is 2.29 bits per heavy atom. The van der Waals surface area contributed by atoms with Crippen LogP contribution in [-0.4, -0.2) is 40.4 Å². The van der Waals surface area contributed by atoms with Gasteiger partial charge in [0.05, 0.1) is 5.60 Å². The lowest BCUT2D eigenvalue weighted by atomic mass is 9.87. The minimum atomic E-state index is -0.576. The minimum Gasteiger partial charge on any atom is -0.444 e. The monoisotopic (exact) mass is 243 g/mol. The Kier molecular flexibility index (Phi) is 4.42. The van der Waals surface area contributed by atoms with E-state index in [1.807, 2.05) is 20.8 Å². The van der Waals surface area contributed by atoms with Crippen molar-refractivity contribution >= 4 is 6.09 Å². The van der Waals surface area contributed by atoms with E-state index in [4.69, 9.17) is 4.74 Å². The van der Waals surface area contributed by atoms with Crippen LogP contribution in [0.15, 0.2) is 0 Å². The third-order valence-corrected chi connectivity index (χ3v) is 3.06. The van der Waals surface area contributed by atoms with Crippen LogP contribution < -0.4 is 0 Å². The lowest BCUT2D eigenvalue weighted by Crippen LogP contribution is -2.48. The van der Waals surface area contributed by atoms with Crippen LogP contribution in [0.5, 0.6) is 0 Å². The molecule has 0 spiro atoms. The molecule has 1 rings (SSSR count). The Morgan fingerprint density at radius 2 is 1.88 bits per heavy atom. The number of carbonyl (C=O) groups is 1. The SMILES string of the molecule is CCCC1(O)CCN(C(=O)OC(C)(C)C)CC1. The molecule has 0 saturated carbocycles. The summed E-state index contributed by atoms with van der Waals surface area (Å²) in [4.78, 5) is 13.5. The molecule has 0 atom stereocenters. The van der Waals surface area contributed by atoms with Crippen molar-refractivity contribution in [1.82, 2.24) is 4.90 Å². The highest BCUT2D eigenvalue weighted by Gasteiger charge is 2.34. The largest absolute Gasteiger partial charge is 0.444 e. The molecule has 1 saturated heterocycles. The predicted octanol–water partition coefficient (Wildman–Crippen LogP) is 2.55. The van der Waals surface area contributed by atoms with Crippen molar-refractivity contribution in [3.8, 4) is 0 Å². The number of likely N-dealkylation sites (tertiary alicyclic amines) is 1. The van der Waals surface area contributed by atoms with E-state index in [0.29, 0.717) is 25.9 Å². The van der Waals surface area contributed by atoms with Gasteiger partial charge in [-0.05, 0) is 40.0 Å². The van der Waals surface area contributed by atoms with Gasteiger partial charge in [0, 0.05) is 13.1 Å². The Bertz CT molecular complexity index is 262. The van der Waals surface area contributed by atoms with E-state index in [9.17, 15) is 9.90 Å². The molecule has 1 amide bonds. The average Bonchev–Trinajstić information content (AvgIpc) is 2.15. The minimum absolute atomic E-state index is 0.268. The number of ether oxygens (including phenoxy) is 1. The number of hydrogen-bond donors (Lipinski definition) is 1. The second kappa shape index (κ2) is 5.25. The fourth-order valence-electron chi connectivity index (χ4n) is 2.15. The van der Waals surface area contributed by atoms with Gasteiger partial charge in [-0.25, -0.2) is 4.79 Å². The molecule has 0 aromatic heterocycles. The molecule has 0 radical (unpaired) electrons. The van der Waals surface area contributed by atoms with Crippen molar-refractivity contribution in [2.24, 2.45) is 0 Å². The van der Waals surface area contributed by atoms with Crippen molar-refractivity contribution in [1.29, 1.82) is 0 Å². The highest BCUT2D eigenvalue weighted by molar-refractivity contribution is 5.68. The first kappa shape index (κ1) is 14.3. The van der Waals surface area contributed by atoms with E-state index in [1.165, 1.54) is 0 Å². The van der Waals surface area contributed by atoms with Gasteiger partial charge in [-0.3, -0.25) is 0 Å². The van der Waals surface area contributed by atoms with Gasteiger partial charge >= 0.3 is 6.09 Å². The molecule has 0 aliphatic carbocycles. The molecule has 4 nitrogen and oxygen atoms in total. The van der Waals surface area contributed by atoms with Crippen LogP contribution in [0.1, 0.15) is 53.4 Å². The molecule has 0 unspecified atom stereocenters. The summed E-state index contributed by atoms with van der Waals surface area (Å²) in [7, 11) is 0. The summed E-state index contributed by atoms with van der Waals surface area (Å²) < 4.78 is 5.31. The molecular weight excluding hydrogens is 218 g/mol. The molecule has 1 N–H and O–H groups in total. The predicted molar refractivity (Wildman–Crippen MR) is 66.9 cm³/mol. The Balaban J connectivity index is 2.44. The van der Waals surface area contributed by atoms with Crippen molar-refractivity contribution in [2.45, 2.75) is 64.6 Å². The topological polar surface area (TPSA) is 49.8 Å². The van der Waals surface area contributed by atoms with Gasteiger partial charge in [0.25, 0.3) is 0 Å². The molecule has 4 heteroatoms. The van der Waals surface area contributed by atoms with E-state index >= 15 is 0 Å². The number of carbonyl (C=O) groups excluding carboxylic acids is 1. The summed E-state index contributed by atoms with van der Waals surface area (Å²) in [5.74, 6) is 0. The normalized spacial score (nSPS) is 20.2. The molecule has 0 aromatic rings. The summed E-state index contributed by atoms with van der Waals surface area (Å²) in [6.45, 7) is 8.84. The fraction of sp³-hybridized carbons (Fsp3) is 0.923. The number of rotatable bonds is 2. The highest BCUT2D eigenvalue weighted by Crippen LogP contribution is 2.27. The van der Waals surface area contributed by atoms with Gasteiger partial charge in [-0.15, -0.1) is 0 Å². The molecule has 17 heavy (non-hydrogen) atoms. The second-order valence-corrected chi connectivity index (χ2v) is 5.94. The van der Waals surface area contributed by atoms with Crippen molar-refractivity contribution in [3.63, 3.8) is 0 Å². The second-order valence-electron chi connectivity index (χ2n) is 5.94. The average molecular weight is 243 g/mol. The van der Waals surface area contributed by atoms with Crippen LogP contribution >= 0.6 is 0 Å². The first-order valence-corrected chi connectivity index (χ1v) is 6.46. The lowest BCUT2D eigenvalue weighted by Gasteiger charge is -2.38. The van der Waals surface area contributed by atoms with E-state index in [-0.39, 0.29) is 6.09 Å².